The summed E-state index contributed by atoms with van der Waals surface area (Å²) < 4.78 is 37.1. The van der Waals surface area contributed by atoms with Gasteiger partial charge < -0.3 is 5.32 Å². The topological polar surface area (TPSA) is 70.6 Å². The van der Waals surface area contributed by atoms with Crippen LogP contribution in [0.1, 0.15) is 30.9 Å². The Bertz CT molecular complexity index is 539. The molecule has 2 N–H and O–H groups in total. The van der Waals surface area contributed by atoms with Gasteiger partial charge in [0.15, 0.2) is 0 Å². The van der Waals surface area contributed by atoms with Crippen LogP contribution in [-0.4, -0.2) is 24.6 Å². The third-order valence-electron chi connectivity index (χ3n) is 2.64. The van der Waals surface area contributed by atoms with Crippen LogP contribution in [0.2, 0.25) is 0 Å². The highest BCUT2D eigenvalue weighted by atomic mass is 19.4. The molecule has 0 unspecified atom stereocenters. The van der Waals surface area contributed by atoms with E-state index >= 15 is 0 Å². The van der Waals surface area contributed by atoms with Crippen molar-refractivity contribution in [1.29, 1.82) is 0 Å². The summed E-state index contributed by atoms with van der Waals surface area (Å²) in [5.41, 5.74) is 1.59. The molecule has 0 heterocycles. The van der Waals surface area contributed by atoms with Crippen molar-refractivity contribution in [3.8, 4) is 0 Å². The summed E-state index contributed by atoms with van der Waals surface area (Å²) in [7, 11) is 0. The molecule has 0 saturated carbocycles. The molecule has 0 aliphatic rings. The molecular weight excluding hydrogens is 299 g/mol. The van der Waals surface area contributed by atoms with Crippen LogP contribution in [-0.2, 0) is 15.8 Å². The Morgan fingerprint density at radius 2 is 1.82 bits per heavy atom. The lowest BCUT2D eigenvalue weighted by atomic mass is 10.1. The van der Waals surface area contributed by atoms with Crippen molar-refractivity contribution in [2.24, 2.45) is 5.10 Å². The van der Waals surface area contributed by atoms with E-state index in [2.05, 4.69) is 10.4 Å². The van der Waals surface area contributed by atoms with E-state index in [0.717, 1.165) is 31.2 Å². The van der Waals surface area contributed by atoms with Gasteiger partial charge in [0.05, 0.1) is 11.8 Å². The number of hydrazone groups is 1. The number of alkyl halides is 3. The third kappa shape index (κ3) is 5.94. The lowest BCUT2D eigenvalue weighted by Crippen LogP contribution is -2.38. The van der Waals surface area contributed by atoms with Crippen LogP contribution in [0.25, 0.3) is 0 Å². The molecule has 8 heteroatoms. The van der Waals surface area contributed by atoms with Crippen molar-refractivity contribution in [1.82, 2.24) is 10.7 Å². The number of hydrogen-bond donors (Lipinski definition) is 2. The van der Waals surface area contributed by atoms with Gasteiger partial charge in [-0.05, 0) is 24.1 Å². The molecule has 0 radical (unpaired) electrons. The summed E-state index contributed by atoms with van der Waals surface area (Å²) in [6.45, 7) is 2.34. The number of benzene rings is 1. The van der Waals surface area contributed by atoms with E-state index in [0.29, 0.717) is 12.1 Å². The number of carbonyl (C=O) groups excluding carboxylic acids is 2. The molecule has 0 aromatic heterocycles. The maximum atomic E-state index is 12.4. The number of nitrogens with zero attached hydrogens (tertiary/aromatic N) is 1. The van der Waals surface area contributed by atoms with Gasteiger partial charge >= 0.3 is 18.0 Å². The standard InChI is InChI=1S/C14H16F3N3O2/c1-2-3-8-18-12(21)13(22)20-19-9-10-4-6-11(7-5-10)14(15,16)17/h4-7,9H,2-3,8H2,1H3,(H,18,21)(H,20,22)/b19-9-. The van der Waals surface area contributed by atoms with Crippen LogP contribution in [0.15, 0.2) is 29.4 Å². The molecule has 120 valence electrons. The summed E-state index contributed by atoms with van der Waals surface area (Å²) >= 11 is 0. The van der Waals surface area contributed by atoms with Crippen LogP contribution in [0.5, 0.6) is 0 Å². The first-order valence-corrected chi connectivity index (χ1v) is 6.63. The number of unbranched alkanes of at least 4 members (excludes halogenated alkanes) is 1. The zero-order valence-electron chi connectivity index (χ0n) is 11.9. The second-order valence-electron chi connectivity index (χ2n) is 4.43. The van der Waals surface area contributed by atoms with E-state index in [9.17, 15) is 22.8 Å². The smallest absolute Gasteiger partial charge is 0.348 e. The summed E-state index contributed by atoms with van der Waals surface area (Å²) in [6, 6.07) is 4.22. The molecular formula is C14H16F3N3O2. The average Bonchev–Trinajstić information content (AvgIpc) is 2.47. The Labute approximate surface area is 125 Å². The van der Waals surface area contributed by atoms with Gasteiger partial charge in [-0.2, -0.15) is 18.3 Å². The number of hydrogen-bond acceptors (Lipinski definition) is 3. The van der Waals surface area contributed by atoms with Crippen molar-refractivity contribution < 1.29 is 22.8 Å². The molecule has 0 fully saturated rings. The first-order valence-electron chi connectivity index (χ1n) is 6.63. The van der Waals surface area contributed by atoms with E-state index < -0.39 is 23.6 Å². The minimum absolute atomic E-state index is 0.361. The monoisotopic (exact) mass is 315 g/mol. The summed E-state index contributed by atoms with van der Waals surface area (Å²) in [5.74, 6) is -1.74. The van der Waals surface area contributed by atoms with Gasteiger partial charge in [0.1, 0.15) is 0 Å². The van der Waals surface area contributed by atoms with Crippen molar-refractivity contribution in [2.45, 2.75) is 25.9 Å². The maximum absolute atomic E-state index is 12.4. The van der Waals surface area contributed by atoms with Crippen LogP contribution >= 0.6 is 0 Å². The molecule has 0 spiro atoms. The molecule has 0 aliphatic heterocycles. The number of rotatable bonds is 5. The number of nitrogens with one attached hydrogen (secondary N) is 2. The summed E-state index contributed by atoms with van der Waals surface area (Å²) in [5, 5.41) is 5.92. The first-order chi connectivity index (χ1) is 10.3. The third-order valence-corrected chi connectivity index (χ3v) is 2.64. The Morgan fingerprint density at radius 3 is 2.36 bits per heavy atom. The Morgan fingerprint density at radius 1 is 1.18 bits per heavy atom. The highest BCUT2D eigenvalue weighted by molar-refractivity contribution is 6.35. The van der Waals surface area contributed by atoms with Gasteiger partial charge in [-0.3, -0.25) is 9.59 Å². The van der Waals surface area contributed by atoms with E-state index in [1.807, 2.05) is 12.3 Å². The highest BCUT2D eigenvalue weighted by Crippen LogP contribution is 2.28. The van der Waals surface area contributed by atoms with Gasteiger partial charge in [-0.25, -0.2) is 5.43 Å². The normalized spacial score (nSPS) is 11.5. The summed E-state index contributed by atoms with van der Waals surface area (Å²) in [6.07, 6.45) is -1.61. The number of amides is 2. The number of carbonyl (C=O) groups is 2. The first kappa shape index (κ1) is 17.7. The minimum Gasteiger partial charge on any atom is -0.348 e. The molecule has 0 aliphatic carbocycles. The zero-order chi connectivity index (χ0) is 16.6. The van der Waals surface area contributed by atoms with Gasteiger partial charge in [0.25, 0.3) is 0 Å². The maximum Gasteiger partial charge on any atom is 0.416 e. The molecule has 0 bridgehead atoms. The van der Waals surface area contributed by atoms with Gasteiger partial charge in [0, 0.05) is 6.54 Å². The predicted octanol–water partition coefficient (Wildman–Crippen LogP) is 2.07. The Hall–Kier alpha value is -2.38. The molecule has 1 aromatic rings. The molecule has 1 rings (SSSR count). The average molecular weight is 315 g/mol. The summed E-state index contributed by atoms with van der Waals surface area (Å²) in [4.78, 5) is 22.6. The predicted molar refractivity (Wildman–Crippen MR) is 75.1 cm³/mol. The van der Waals surface area contributed by atoms with Gasteiger partial charge in [-0.15, -0.1) is 0 Å². The lowest BCUT2D eigenvalue weighted by Gasteiger charge is -2.05. The van der Waals surface area contributed by atoms with Crippen molar-refractivity contribution in [3.63, 3.8) is 0 Å². The fourth-order valence-electron chi connectivity index (χ4n) is 1.43. The molecule has 0 atom stereocenters. The molecule has 2 amide bonds. The zero-order valence-corrected chi connectivity index (χ0v) is 11.9. The largest absolute Gasteiger partial charge is 0.416 e. The molecule has 0 saturated heterocycles. The van der Waals surface area contributed by atoms with Crippen LogP contribution in [0.4, 0.5) is 13.2 Å². The number of halogens is 3. The molecule has 1 aromatic carbocycles. The van der Waals surface area contributed by atoms with Crippen LogP contribution < -0.4 is 10.7 Å². The highest BCUT2D eigenvalue weighted by Gasteiger charge is 2.29. The SMILES string of the molecule is CCCCNC(=O)C(=O)N/N=C\c1ccc(C(F)(F)F)cc1. The van der Waals surface area contributed by atoms with Crippen LogP contribution in [0, 0.1) is 0 Å². The molecule has 5 nitrogen and oxygen atoms in total. The van der Waals surface area contributed by atoms with Crippen molar-refractivity contribution >= 4 is 18.0 Å². The lowest BCUT2D eigenvalue weighted by molar-refractivity contribution is -0.139. The second kappa shape index (κ2) is 8.16. The van der Waals surface area contributed by atoms with E-state index in [-0.39, 0.29) is 0 Å². The fraction of sp³-hybridized carbons (Fsp3) is 0.357. The minimum atomic E-state index is -4.40. The van der Waals surface area contributed by atoms with Crippen molar-refractivity contribution in [3.05, 3.63) is 35.4 Å². The van der Waals surface area contributed by atoms with Crippen LogP contribution in [0.3, 0.4) is 0 Å². The quantitative estimate of drug-likeness (QED) is 0.378. The molecule has 22 heavy (non-hydrogen) atoms. The Kier molecular flexibility index (Phi) is 6.55. The Balaban J connectivity index is 2.48. The fourth-order valence-corrected chi connectivity index (χ4v) is 1.43. The van der Waals surface area contributed by atoms with E-state index in [1.165, 1.54) is 12.1 Å². The van der Waals surface area contributed by atoms with Gasteiger partial charge in [-0.1, -0.05) is 25.5 Å². The van der Waals surface area contributed by atoms with E-state index in [1.54, 1.807) is 0 Å². The van der Waals surface area contributed by atoms with Gasteiger partial charge in [0.2, 0.25) is 0 Å². The van der Waals surface area contributed by atoms with Crippen molar-refractivity contribution in [2.75, 3.05) is 6.54 Å². The van der Waals surface area contributed by atoms with E-state index in [4.69, 9.17) is 0 Å². The second-order valence-corrected chi connectivity index (χ2v) is 4.43.